The highest BCUT2D eigenvalue weighted by Gasteiger charge is 2.18. The lowest BCUT2D eigenvalue weighted by Crippen LogP contribution is -2.36. The fourth-order valence-electron chi connectivity index (χ4n) is 2.52. The Kier molecular flexibility index (Phi) is 5.85. The van der Waals surface area contributed by atoms with Crippen molar-refractivity contribution in [1.29, 1.82) is 0 Å². The highest BCUT2D eigenvalue weighted by molar-refractivity contribution is 7.99. The summed E-state index contributed by atoms with van der Waals surface area (Å²) in [6, 6.07) is 5.91. The third-order valence-electron chi connectivity index (χ3n) is 3.76. The summed E-state index contributed by atoms with van der Waals surface area (Å²) < 4.78 is 34.1. The van der Waals surface area contributed by atoms with Crippen LogP contribution in [0.15, 0.2) is 33.9 Å². The average Bonchev–Trinajstić information content (AvgIpc) is 3.09. The number of likely N-dealkylation sites (tertiary alicyclic amines) is 1. The van der Waals surface area contributed by atoms with Crippen LogP contribution in [-0.2, 0) is 4.79 Å². The second-order valence-electron chi connectivity index (χ2n) is 5.51. The maximum absolute atomic E-state index is 12.1. The van der Waals surface area contributed by atoms with Crippen LogP contribution >= 0.6 is 11.8 Å². The summed E-state index contributed by atoms with van der Waals surface area (Å²) in [5.41, 5.74) is 0.586. The lowest BCUT2D eigenvalue weighted by Gasteiger charge is -2.26. The quantitative estimate of drug-likeness (QED) is 0.727. The number of halogens is 2. The standard InChI is InChI=1S/C16H17F2N3O3S/c17-15(18)23-12-6-4-11(5-7-12)14-19-20-16(24-14)25-10-13(22)21-8-2-1-3-9-21/h4-7,15H,1-3,8-10H2. The molecule has 0 N–H and O–H groups in total. The van der Waals surface area contributed by atoms with E-state index in [0.29, 0.717) is 10.8 Å². The Morgan fingerprint density at radius 2 is 1.92 bits per heavy atom. The second kappa shape index (κ2) is 8.28. The molecular formula is C16H17F2N3O3S. The molecule has 0 radical (unpaired) electrons. The van der Waals surface area contributed by atoms with Gasteiger partial charge in [-0.3, -0.25) is 4.79 Å². The lowest BCUT2D eigenvalue weighted by atomic mass is 10.1. The van der Waals surface area contributed by atoms with Crippen LogP contribution in [0.2, 0.25) is 0 Å². The van der Waals surface area contributed by atoms with E-state index in [1.807, 2.05) is 4.90 Å². The first-order valence-corrected chi connectivity index (χ1v) is 8.90. The van der Waals surface area contributed by atoms with Crippen LogP contribution in [0.5, 0.6) is 5.75 Å². The minimum absolute atomic E-state index is 0.0555. The minimum atomic E-state index is -2.87. The molecule has 1 aromatic carbocycles. The van der Waals surface area contributed by atoms with Gasteiger partial charge in [-0.25, -0.2) is 0 Å². The molecule has 134 valence electrons. The summed E-state index contributed by atoms with van der Waals surface area (Å²) >= 11 is 1.19. The van der Waals surface area contributed by atoms with Crippen molar-refractivity contribution in [1.82, 2.24) is 15.1 Å². The van der Waals surface area contributed by atoms with Gasteiger partial charge in [0.05, 0.1) is 5.75 Å². The molecular weight excluding hydrogens is 352 g/mol. The number of benzene rings is 1. The van der Waals surface area contributed by atoms with Gasteiger partial charge in [0, 0.05) is 18.7 Å². The molecule has 2 heterocycles. The monoisotopic (exact) mass is 369 g/mol. The zero-order valence-electron chi connectivity index (χ0n) is 13.4. The summed E-state index contributed by atoms with van der Waals surface area (Å²) in [4.78, 5) is 14.0. The molecule has 2 aromatic rings. The van der Waals surface area contributed by atoms with Crippen LogP contribution in [-0.4, -0.2) is 46.5 Å². The van der Waals surface area contributed by atoms with E-state index in [2.05, 4.69) is 14.9 Å². The number of aromatic nitrogens is 2. The summed E-state index contributed by atoms with van der Waals surface area (Å²) in [6.45, 7) is -1.25. The Morgan fingerprint density at radius 3 is 2.60 bits per heavy atom. The van der Waals surface area contributed by atoms with Gasteiger partial charge in [0.1, 0.15) is 5.75 Å². The maximum atomic E-state index is 12.1. The van der Waals surface area contributed by atoms with E-state index >= 15 is 0 Å². The number of hydrogen-bond acceptors (Lipinski definition) is 6. The largest absolute Gasteiger partial charge is 0.435 e. The predicted molar refractivity (Wildman–Crippen MR) is 87.5 cm³/mol. The number of alkyl halides is 2. The SMILES string of the molecule is O=C(CSc1nnc(-c2ccc(OC(F)F)cc2)o1)N1CCCCC1. The molecule has 1 saturated heterocycles. The number of ether oxygens (including phenoxy) is 1. The Morgan fingerprint density at radius 1 is 1.20 bits per heavy atom. The molecule has 6 nitrogen and oxygen atoms in total. The number of hydrogen-bond donors (Lipinski definition) is 0. The predicted octanol–water partition coefficient (Wildman–Crippen LogP) is 3.44. The fourth-order valence-corrected chi connectivity index (χ4v) is 3.19. The Labute approximate surface area is 147 Å². The second-order valence-corrected chi connectivity index (χ2v) is 6.43. The number of thioether (sulfide) groups is 1. The van der Waals surface area contributed by atoms with E-state index in [4.69, 9.17) is 4.42 Å². The van der Waals surface area contributed by atoms with Crippen LogP contribution in [0.1, 0.15) is 19.3 Å². The lowest BCUT2D eigenvalue weighted by molar-refractivity contribution is -0.129. The van der Waals surface area contributed by atoms with Gasteiger partial charge < -0.3 is 14.1 Å². The Hall–Kier alpha value is -2.16. The molecule has 0 spiro atoms. The third kappa shape index (κ3) is 4.91. The molecule has 9 heteroatoms. The zero-order valence-corrected chi connectivity index (χ0v) is 14.2. The summed E-state index contributed by atoms with van der Waals surface area (Å²) in [7, 11) is 0. The van der Waals surface area contributed by atoms with Crippen LogP contribution in [0.25, 0.3) is 11.5 Å². The van der Waals surface area contributed by atoms with Gasteiger partial charge in [-0.1, -0.05) is 11.8 Å². The number of nitrogens with zero attached hydrogens (tertiary/aromatic N) is 3. The molecule has 0 unspecified atom stereocenters. The topological polar surface area (TPSA) is 68.5 Å². The first-order valence-electron chi connectivity index (χ1n) is 7.91. The average molecular weight is 369 g/mol. The molecule has 1 fully saturated rings. The molecule has 1 aliphatic rings. The van der Waals surface area contributed by atoms with Gasteiger partial charge in [0.25, 0.3) is 5.22 Å². The van der Waals surface area contributed by atoms with E-state index in [1.165, 1.54) is 30.3 Å². The Bertz CT molecular complexity index is 703. The van der Waals surface area contributed by atoms with Gasteiger partial charge >= 0.3 is 6.61 Å². The van der Waals surface area contributed by atoms with Crippen molar-refractivity contribution in [2.45, 2.75) is 31.1 Å². The summed E-state index contributed by atoms with van der Waals surface area (Å²) in [6.07, 6.45) is 3.27. The van der Waals surface area contributed by atoms with Crippen LogP contribution < -0.4 is 4.74 Å². The molecule has 0 saturated carbocycles. The molecule has 25 heavy (non-hydrogen) atoms. The van der Waals surface area contributed by atoms with Crippen LogP contribution in [0.3, 0.4) is 0 Å². The third-order valence-corrected chi connectivity index (χ3v) is 4.56. The molecule has 3 rings (SSSR count). The fraction of sp³-hybridized carbons (Fsp3) is 0.438. The molecule has 1 amide bonds. The van der Waals surface area contributed by atoms with Crippen molar-refractivity contribution in [2.75, 3.05) is 18.8 Å². The molecule has 1 aliphatic heterocycles. The highest BCUT2D eigenvalue weighted by Crippen LogP contribution is 2.25. The molecule has 1 aromatic heterocycles. The smallest absolute Gasteiger partial charge is 0.387 e. The number of amides is 1. The number of rotatable bonds is 6. The zero-order chi connectivity index (χ0) is 17.6. The van der Waals surface area contributed by atoms with Crippen molar-refractivity contribution >= 4 is 17.7 Å². The number of piperidine rings is 1. The van der Waals surface area contributed by atoms with Crippen LogP contribution in [0, 0.1) is 0 Å². The van der Waals surface area contributed by atoms with E-state index in [-0.39, 0.29) is 23.3 Å². The first-order chi connectivity index (χ1) is 12.1. The van der Waals surface area contributed by atoms with Gasteiger partial charge in [0.15, 0.2) is 0 Å². The van der Waals surface area contributed by atoms with E-state index in [1.54, 1.807) is 12.1 Å². The molecule has 0 aliphatic carbocycles. The Balaban J connectivity index is 1.55. The van der Waals surface area contributed by atoms with Gasteiger partial charge in [-0.15, -0.1) is 10.2 Å². The number of carbonyl (C=O) groups excluding carboxylic acids is 1. The first kappa shape index (κ1) is 17.7. The van der Waals surface area contributed by atoms with Gasteiger partial charge in [-0.2, -0.15) is 8.78 Å². The normalized spacial score (nSPS) is 14.8. The molecule has 0 atom stereocenters. The van der Waals surface area contributed by atoms with Crippen LogP contribution in [0.4, 0.5) is 8.78 Å². The van der Waals surface area contributed by atoms with Crippen molar-refractivity contribution in [2.24, 2.45) is 0 Å². The summed E-state index contributed by atoms with van der Waals surface area (Å²) in [5, 5.41) is 8.12. The minimum Gasteiger partial charge on any atom is -0.435 e. The van der Waals surface area contributed by atoms with Gasteiger partial charge in [0.2, 0.25) is 11.8 Å². The van der Waals surface area contributed by atoms with E-state index in [9.17, 15) is 13.6 Å². The van der Waals surface area contributed by atoms with Crippen molar-refractivity contribution < 1.29 is 22.7 Å². The maximum Gasteiger partial charge on any atom is 0.387 e. The number of carbonyl (C=O) groups is 1. The van der Waals surface area contributed by atoms with E-state index in [0.717, 1.165) is 25.9 Å². The molecule has 0 bridgehead atoms. The van der Waals surface area contributed by atoms with Crippen molar-refractivity contribution in [3.05, 3.63) is 24.3 Å². The van der Waals surface area contributed by atoms with Crippen molar-refractivity contribution in [3.8, 4) is 17.2 Å². The van der Waals surface area contributed by atoms with Crippen molar-refractivity contribution in [3.63, 3.8) is 0 Å². The van der Waals surface area contributed by atoms with Gasteiger partial charge in [-0.05, 0) is 43.5 Å². The van der Waals surface area contributed by atoms with E-state index < -0.39 is 6.61 Å². The summed E-state index contributed by atoms with van der Waals surface area (Å²) in [5.74, 6) is 0.637. The highest BCUT2D eigenvalue weighted by atomic mass is 32.2.